The number of benzene rings is 4. The molecule has 0 spiro atoms. The van der Waals surface area contributed by atoms with Gasteiger partial charge in [-0.3, -0.25) is 4.79 Å². The quantitative estimate of drug-likeness (QED) is 0.289. The number of aromatic amines is 1. The molecule has 6 heteroatoms. The van der Waals surface area contributed by atoms with Crippen molar-refractivity contribution < 1.29 is 0 Å². The average molecular weight is 489 g/mol. The highest BCUT2D eigenvalue weighted by Crippen LogP contribution is 2.28. The number of H-pyrrole nitrogens is 1. The molecule has 0 aliphatic heterocycles. The fourth-order valence-corrected chi connectivity index (χ4v) is 4.50. The summed E-state index contributed by atoms with van der Waals surface area (Å²) in [5.74, 6) is 1.15. The SMILES string of the molecule is O=c1[nH]c(-c2ccc(Cl)cc2)nc2nc(-c3ccc(-c4ccccc4)cc3)n(Cc3ccccc3)c12. The Kier molecular flexibility index (Phi) is 5.68. The van der Waals surface area contributed by atoms with Crippen molar-refractivity contribution in [3.63, 3.8) is 0 Å². The molecule has 0 saturated heterocycles. The van der Waals surface area contributed by atoms with Crippen LogP contribution in [0.5, 0.6) is 0 Å². The molecule has 2 aromatic heterocycles. The molecule has 6 aromatic rings. The van der Waals surface area contributed by atoms with Crippen molar-refractivity contribution in [3.8, 4) is 33.9 Å². The Morgan fingerprint density at radius 1 is 0.667 bits per heavy atom. The van der Waals surface area contributed by atoms with Gasteiger partial charge in [0.1, 0.15) is 11.6 Å². The van der Waals surface area contributed by atoms with E-state index in [1.807, 2.05) is 77.4 Å². The number of fused-ring (bicyclic) bond motifs is 1. The lowest BCUT2D eigenvalue weighted by molar-refractivity contribution is 0.829. The van der Waals surface area contributed by atoms with Gasteiger partial charge in [-0.1, -0.05) is 96.5 Å². The summed E-state index contributed by atoms with van der Waals surface area (Å²) in [7, 11) is 0. The van der Waals surface area contributed by atoms with E-state index in [0.717, 1.165) is 27.8 Å². The fourth-order valence-electron chi connectivity index (χ4n) is 4.37. The number of nitrogens with zero attached hydrogens (tertiary/aromatic N) is 3. The first-order valence-corrected chi connectivity index (χ1v) is 12.0. The van der Waals surface area contributed by atoms with Crippen molar-refractivity contribution in [2.24, 2.45) is 0 Å². The molecule has 4 aromatic carbocycles. The number of aromatic nitrogens is 4. The molecule has 5 nitrogen and oxygen atoms in total. The predicted octanol–water partition coefficient (Wildman–Crippen LogP) is 6.82. The van der Waals surface area contributed by atoms with Gasteiger partial charge in [0.15, 0.2) is 11.2 Å². The van der Waals surface area contributed by atoms with Gasteiger partial charge < -0.3 is 9.55 Å². The van der Waals surface area contributed by atoms with Crippen LogP contribution in [0.4, 0.5) is 0 Å². The van der Waals surface area contributed by atoms with Gasteiger partial charge in [0.05, 0.1) is 0 Å². The van der Waals surface area contributed by atoms with E-state index in [2.05, 4.69) is 29.2 Å². The Morgan fingerprint density at radius 2 is 1.25 bits per heavy atom. The van der Waals surface area contributed by atoms with E-state index in [9.17, 15) is 4.79 Å². The van der Waals surface area contributed by atoms with E-state index >= 15 is 0 Å². The minimum atomic E-state index is -0.236. The predicted molar refractivity (Wildman–Crippen MR) is 145 cm³/mol. The van der Waals surface area contributed by atoms with Crippen molar-refractivity contribution in [1.29, 1.82) is 0 Å². The lowest BCUT2D eigenvalue weighted by atomic mass is 10.0. The minimum absolute atomic E-state index is 0.236. The minimum Gasteiger partial charge on any atom is -0.314 e. The summed E-state index contributed by atoms with van der Waals surface area (Å²) in [6, 6.07) is 35.7. The van der Waals surface area contributed by atoms with Gasteiger partial charge in [-0.2, -0.15) is 0 Å². The summed E-state index contributed by atoms with van der Waals surface area (Å²) in [5.41, 5.74) is 5.63. The second kappa shape index (κ2) is 9.29. The van der Waals surface area contributed by atoms with Gasteiger partial charge in [-0.25, -0.2) is 9.97 Å². The second-order valence-electron chi connectivity index (χ2n) is 8.54. The summed E-state index contributed by atoms with van der Waals surface area (Å²) in [4.78, 5) is 25.9. The van der Waals surface area contributed by atoms with Crippen LogP contribution in [0.15, 0.2) is 114 Å². The Morgan fingerprint density at radius 3 is 1.94 bits per heavy atom. The van der Waals surface area contributed by atoms with Gasteiger partial charge in [-0.05, 0) is 41.0 Å². The first-order valence-electron chi connectivity index (χ1n) is 11.6. The Balaban J connectivity index is 1.50. The summed E-state index contributed by atoms with van der Waals surface area (Å²) in [6.07, 6.45) is 0. The molecule has 0 atom stereocenters. The molecule has 0 radical (unpaired) electrons. The standard InChI is InChI=1S/C30H21ClN4O/c31-25-17-15-23(16-18-25)27-32-28-26(30(36)34-27)35(19-20-7-3-1-4-8-20)29(33-28)24-13-11-22(12-14-24)21-9-5-2-6-10-21/h1-18H,19H2,(H,32,34,36). The van der Waals surface area contributed by atoms with Crippen LogP contribution in [0.25, 0.3) is 45.1 Å². The molecule has 0 fully saturated rings. The number of halogens is 1. The lowest BCUT2D eigenvalue weighted by Gasteiger charge is -2.10. The van der Waals surface area contributed by atoms with Gasteiger partial charge in [-0.15, -0.1) is 0 Å². The number of nitrogens with one attached hydrogen (secondary N) is 1. The third-order valence-corrected chi connectivity index (χ3v) is 6.42. The molecule has 1 N–H and O–H groups in total. The summed E-state index contributed by atoms with van der Waals surface area (Å²) in [6.45, 7) is 0.498. The highest BCUT2D eigenvalue weighted by molar-refractivity contribution is 6.30. The molecule has 0 aliphatic carbocycles. The first kappa shape index (κ1) is 22.0. The van der Waals surface area contributed by atoms with Crippen LogP contribution in [0.3, 0.4) is 0 Å². The lowest BCUT2D eigenvalue weighted by Crippen LogP contribution is -2.14. The number of hydrogen-bond acceptors (Lipinski definition) is 3. The third kappa shape index (κ3) is 4.21. The zero-order valence-corrected chi connectivity index (χ0v) is 20.0. The van der Waals surface area contributed by atoms with E-state index in [1.54, 1.807) is 12.1 Å². The maximum Gasteiger partial charge on any atom is 0.277 e. The van der Waals surface area contributed by atoms with Gasteiger partial charge in [0.25, 0.3) is 5.56 Å². The molecular formula is C30H21ClN4O. The van der Waals surface area contributed by atoms with Crippen LogP contribution in [-0.2, 0) is 6.54 Å². The molecule has 0 amide bonds. The Hall–Kier alpha value is -4.48. The summed E-state index contributed by atoms with van der Waals surface area (Å²) in [5, 5.41) is 0.621. The molecule has 2 heterocycles. The smallest absolute Gasteiger partial charge is 0.277 e. The van der Waals surface area contributed by atoms with Crippen molar-refractivity contribution >= 4 is 22.8 Å². The normalized spacial score (nSPS) is 11.1. The Labute approximate surface area is 212 Å². The first-order chi connectivity index (χ1) is 17.7. The largest absolute Gasteiger partial charge is 0.314 e. The highest BCUT2D eigenvalue weighted by atomic mass is 35.5. The third-order valence-electron chi connectivity index (χ3n) is 6.17. The van der Waals surface area contributed by atoms with Crippen molar-refractivity contribution in [2.75, 3.05) is 0 Å². The number of imidazole rings is 1. The molecular weight excluding hydrogens is 468 g/mol. The van der Waals surface area contributed by atoms with Crippen LogP contribution in [-0.4, -0.2) is 19.5 Å². The topological polar surface area (TPSA) is 63.6 Å². The molecule has 6 rings (SSSR count). The van der Waals surface area contributed by atoms with Gasteiger partial charge in [0.2, 0.25) is 0 Å². The number of hydrogen-bond donors (Lipinski definition) is 1. The zero-order chi connectivity index (χ0) is 24.5. The average Bonchev–Trinajstić information content (AvgIpc) is 3.29. The molecule has 0 saturated carbocycles. The molecule has 36 heavy (non-hydrogen) atoms. The summed E-state index contributed by atoms with van der Waals surface area (Å²) < 4.78 is 1.94. The fraction of sp³-hybridized carbons (Fsp3) is 0.0333. The maximum atomic E-state index is 13.4. The van der Waals surface area contributed by atoms with Crippen LogP contribution >= 0.6 is 11.6 Å². The van der Waals surface area contributed by atoms with Crippen LogP contribution in [0, 0.1) is 0 Å². The van der Waals surface area contributed by atoms with E-state index in [1.165, 1.54) is 0 Å². The molecule has 174 valence electrons. The van der Waals surface area contributed by atoms with Crippen LogP contribution < -0.4 is 5.56 Å². The van der Waals surface area contributed by atoms with Crippen LogP contribution in [0.1, 0.15) is 5.56 Å². The molecule has 0 unspecified atom stereocenters. The second-order valence-corrected chi connectivity index (χ2v) is 8.98. The maximum absolute atomic E-state index is 13.4. The number of rotatable bonds is 5. The Bertz CT molecular complexity index is 1710. The van der Waals surface area contributed by atoms with Crippen molar-refractivity contribution in [3.05, 3.63) is 130 Å². The summed E-state index contributed by atoms with van der Waals surface area (Å²) >= 11 is 6.04. The molecule has 0 bridgehead atoms. The zero-order valence-electron chi connectivity index (χ0n) is 19.2. The van der Waals surface area contributed by atoms with E-state index < -0.39 is 0 Å². The van der Waals surface area contributed by atoms with E-state index in [4.69, 9.17) is 21.6 Å². The van der Waals surface area contributed by atoms with E-state index in [-0.39, 0.29) is 5.56 Å². The van der Waals surface area contributed by atoms with E-state index in [0.29, 0.717) is 34.4 Å². The molecule has 0 aliphatic rings. The van der Waals surface area contributed by atoms with Crippen molar-refractivity contribution in [1.82, 2.24) is 19.5 Å². The van der Waals surface area contributed by atoms with Gasteiger partial charge >= 0.3 is 0 Å². The highest BCUT2D eigenvalue weighted by Gasteiger charge is 2.19. The monoisotopic (exact) mass is 488 g/mol. The van der Waals surface area contributed by atoms with Gasteiger partial charge in [0, 0.05) is 22.7 Å². The van der Waals surface area contributed by atoms with Crippen LogP contribution in [0.2, 0.25) is 5.02 Å². The van der Waals surface area contributed by atoms with Crippen molar-refractivity contribution in [2.45, 2.75) is 6.54 Å².